The summed E-state index contributed by atoms with van der Waals surface area (Å²) in [6.45, 7) is 0.386. The lowest BCUT2D eigenvalue weighted by molar-refractivity contribution is 0.0949. The SMILES string of the molecule is O=C(NCC(c1ccco1)n1cccn1)c1cccc2ccccc12. The topological polar surface area (TPSA) is 60.1 Å². The van der Waals surface area contributed by atoms with Crippen LogP contribution in [0.25, 0.3) is 10.8 Å². The molecule has 0 bridgehead atoms. The van der Waals surface area contributed by atoms with Gasteiger partial charge in [-0.1, -0.05) is 36.4 Å². The van der Waals surface area contributed by atoms with Gasteiger partial charge in [0.25, 0.3) is 5.91 Å². The number of furan rings is 1. The van der Waals surface area contributed by atoms with Crippen LogP contribution in [0, 0.1) is 0 Å². The van der Waals surface area contributed by atoms with Crippen LogP contribution in [0.5, 0.6) is 0 Å². The van der Waals surface area contributed by atoms with Crippen molar-refractivity contribution >= 4 is 16.7 Å². The van der Waals surface area contributed by atoms with Gasteiger partial charge in [0.2, 0.25) is 0 Å². The summed E-state index contributed by atoms with van der Waals surface area (Å²) in [6, 6.07) is 19.0. The molecule has 0 fully saturated rings. The molecule has 0 spiro atoms. The van der Waals surface area contributed by atoms with Gasteiger partial charge in [-0.25, -0.2) is 0 Å². The number of benzene rings is 2. The number of carbonyl (C=O) groups is 1. The van der Waals surface area contributed by atoms with E-state index in [1.54, 1.807) is 17.1 Å². The Morgan fingerprint density at radius 3 is 2.76 bits per heavy atom. The molecule has 1 atom stereocenters. The van der Waals surface area contributed by atoms with Crippen molar-refractivity contribution in [3.63, 3.8) is 0 Å². The highest BCUT2D eigenvalue weighted by molar-refractivity contribution is 6.07. The van der Waals surface area contributed by atoms with E-state index in [1.807, 2.05) is 66.9 Å². The lowest BCUT2D eigenvalue weighted by atomic mass is 10.0. The number of aromatic nitrogens is 2. The standard InChI is InChI=1S/C20H17N3O2/c24-20(17-9-3-7-15-6-1-2-8-16(15)17)21-14-18(19-10-4-13-25-19)23-12-5-11-22-23/h1-13,18H,14H2,(H,21,24). The molecule has 124 valence electrons. The Bertz CT molecular complexity index is 936. The minimum Gasteiger partial charge on any atom is -0.467 e. The quantitative estimate of drug-likeness (QED) is 0.607. The van der Waals surface area contributed by atoms with Crippen LogP contribution < -0.4 is 5.32 Å². The van der Waals surface area contributed by atoms with Crippen LogP contribution in [0.2, 0.25) is 0 Å². The first kappa shape index (κ1) is 15.2. The van der Waals surface area contributed by atoms with Crippen LogP contribution in [-0.2, 0) is 0 Å². The average molecular weight is 331 g/mol. The van der Waals surface area contributed by atoms with Crippen LogP contribution in [0.1, 0.15) is 22.2 Å². The Morgan fingerprint density at radius 2 is 1.96 bits per heavy atom. The van der Waals surface area contributed by atoms with Crippen molar-refractivity contribution in [2.75, 3.05) is 6.54 Å². The molecule has 0 saturated carbocycles. The minimum absolute atomic E-state index is 0.111. The summed E-state index contributed by atoms with van der Waals surface area (Å²) in [5.74, 6) is 0.641. The molecule has 1 amide bonds. The van der Waals surface area contributed by atoms with E-state index < -0.39 is 0 Å². The van der Waals surface area contributed by atoms with Crippen LogP contribution in [-0.4, -0.2) is 22.2 Å². The molecule has 1 unspecified atom stereocenters. The second kappa shape index (κ2) is 6.65. The zero-order chi connectivity index (χ0) is 17.1. The summed E-state index contributed by atoms with van der Waals surface area (Å²) >= 11 is 0. The number of nitrogens with one attached hydrogen (secondary N) is 1. The molecule has 2 heterocycles. The molecule has 4 rings (SSSR count). The Labute approximate surface area is 144 Å². The molecule has 0 radical (unpaired) electrons. The maximum atomic E-state index is 12.7. The number of hydrogen-bond donors (Lipinski definition) is 1. The lowest BCUT2D eigenvalue weighted by Gasteiger charge is -2.16. The Kier molecular flexibility index (Phi) is 4.04. The normalized spacial score (nSPS) is 12.2. The van der Waals surface area contributed by atoms with Crippen LogP contribution in [0.15, 0.2) is 83.7 Å². The monoisotopic (exact) mass is 331 g/mol. The third-order valence-corrected chi connectivity index (χ3v) is 4.21. The zero-order valence-electron chi connectivity index (χ0n) is 13.5. The number of fused-ring (bicyclic) bond motifs is 1. The minimum atomic E-state index is -0.191. The summed E-state index contributed by atoms with van der Waals surface area (Å²) in [7, 11) is 0. The summed E-state index contributed by atoms with van der Waals surface area (Å²) in [6.07, 6.45) is 5.19. The third-order valence-electron chi connectivity index (χ3n) is 4.21. The molecule has 5 nitrogen and oxygen atoms in total. The Morgan fingerprint density at radius 1 is 1.08 bits per heavy atom. The van der Waals surface area contributed by atoms with Crippen LogP contribution >= 0.6 is 0 Å². The fourth-order valence-corrected chi connectivity index (χ4v) is 2.98. The first-order chi connectivity index (χ1) is 12.3. The number of hydrogen-bond acceptors (Lipinski definition) is 3. The molecule has 0 aliphatic heterocycles. The molecule has 1 N–H and O–H groups in total. The first-order valence-electron chi connectivity index (χ1n) is 8.11. The maximum Gasteiger partial charge on any atom is 0.251 e. The summed E-state index contributed by atoms with van der Waals surface area (Å²) < 4.78 is 7.30. The van der Waals surface area contributed by atoms with Gasteiger partial charge in [0.1, 0.15) is 11.8 Å². The maximum absolute atomic E-state index is 12.7. The summed E-state index contributed by atoms with van der Waals surface area (Å²) in [5.41, 5.74) is 0.664. The smallest absolute Gasteiger partial charge is 0.251 e. The van der Waals surface area contributed by atoms with Gasteiger partial charge in [0, 0.05) is 24.5 Å². The zero-order valence-corrected chi connectivity index (χ0v) is 13.5. The second-order valence-corrected chi connectivity index (χ2v) is 5.75. The van der Waals surface area contributed by atoms with Gasteiger partial charge < -0.3 is 9.73 Å². The van der Waals surface area contributed by atoms with Crippen LogP contribution in [0.3, 0.4) is 0 Å². The summed E-state index contributed by atoms with van der Waals surface area (Å²) in [4.78, 5) is 12.7. The second-order valence-electron chi connectivity index (χ2n) is 5.75. The van der Waals surface area contributed by atoms with Crippen molar-refractivity contribution in [2.45, 2.75) is 6.04 Å². The number of amides is 1. The van der Waals surface area contributed by atoms with Crippen LogP contribution in [0.4, 0.5) is 0 Å². The van der Waals surface area contributed by atoms with E-state index in [-0.39, 0.29) is 11.9 Å². The Balaban J connectivity index is 1.58. The largest absolute Gasteiger partial charge is 0.467 e. The van der Waals surface area contributed by atoms with E-state index in [0.29, 0.717) is 12.1 Å². The highest BCUT2D eigenvalue weighted by Crippen LogP contribution is 2.20. The van der Waals surface area contributed by atoms with Crippen molar-refractivity contribution in [2.24, 2.45) is 0 Å². The molecular weight excluding hydrogens is 314 g/mol. The van der Waals surface area contributed by atoms with E-state index >= 15 is 0 Å². The number of rotatable bonds is 5. The number of nitrogens with zero attached hydrogens (tertiary/aromatic N) is 2. The molecule has 25 heavy (non-hydrogen) atoms. The Hall–Kier alpha value is -3.34. The van der Waals surface area contributed by atoms with Gasteiger partial charge in [-0.2, -0.15) is 5.10 Å². The molecule has 0 aliphatic carbocycles. The highest BCUT2D eigenvalue weighted by Gasteiger charge is 2.19. The van der Waals surface area contributed by atoms with Gasteiger partial charge >= 0.3 is 0 Å². The highest BCUT2D eigenvalue weighted by atomic mass is 16.3. The van der Waals surface area contributed by atoms with E-state index in [9.17, 15) is 4.79 Å². The van der Waals surface area contributed by atoms with Gasteiger partial charge in [0.15, 0.2) is 0 Å². The molecule has 0 saturated heterocycles. The molecule has 5 heteroatoms. The van der Waals surface area contributed by atoms with E-state index in [4.69, 9.17) is 4.42 Å². The van der Waals surface area contributed by atoms with E-state index in [1.165, 1.54) is 0 Å². The van der Waals surface area contributed by atoms with Crippen molar-refractivity contribution in [3.05, 3.63) is 90.6 Å². The van der Waals surface area contributed by atoms with Crippen molar-refractivity contribution in [3.8, 4) is 0 Å². The number of carbonyl (C=O) groups excluding carboxylic acids is 1. The first-order valence-corrected chi connectivity index (χ1v) is 8.11. The van der Waals surface area contributed by atoms with Gasteiger partial charge in [-0.05, 0) is 35.0 Å². The fraction of sp³-hybridized carbons (Fsp3) is 0.100. The average Bonchev–Trinajstić information content (AvgIpc) is 3.36. The predicted octanol–water partition coefficient (Wildman–Crippen LogP) is 3.65. The molecule has 0 aliphatic rings. The van der Waals surface area contributed by atoms with Gasteiger partial charge in [0.05, 0.1) is 6.26 Å². The van der Waals surface area contributed by atoms with Crippen molar-refractivity contribution in [1.82, 2.24) is 15.1 Å². The summed E-state index contributed by atoms with van der Waals surface area (Å²) in [5, 5.41) is 9.27. The molecule has 2 aromatic carbocycles. The molecular formula is C20H17N3O2. The van der Waals surface area contributed by atoms with Crippen molar-refractivity contribution < 1.29 is 9.21 Å². The van der Waals surface area contributed by atoms with Gasteiger partial charge in [-0.15, -0.1) is 0 Å². The van der Waals surface area contributed by atoms with E-state index in [2.05, 4.69) is 10.4 Å². The molecule has 2 aromatic heterocycles. The fourth-order valence-electron chi connectivity index (χ4n) is 2.98. The van der Waals surface area contributed by atoms with E-state index in [0.717, 1.165) is 16.5 Å². The molecule has 4 aromatic rings. The third kappa shape index (κ3) is 3.04. The lowest BCUT2D eigenvalue weighted by Crippen LogP contribution is -2.31. The predicted molar refractivity (Wildman–Crippen MR) is 95.4 cm³/mol. The van der Waals surface area contributed by atoms with Crippen molar-refractivity contribution in [1.29, 1.82) is 0 Å². The van der Waals surface area contributed by atoms with Gasteiger partial charge in [-0.3, -0.25) is 9.48 Å².